The minimum atomic E-state index is 0.321. The summed E-state index contributed by atoms with van der Waals surface area (Å²) in [5, 5.41) is 3.38. The first kappa shape index (κ1) is 10.9. The highest BCUT2D eigenvalue weighted by molar-refractivity contribution is 5.66. The van der Waals surface area contributed by atoms with Gasteiger partial charge in [0.2, 0.25) is 0 Å². The molecule has 5 heteroatoms. The Kier molecular flexibility index (Phi) is 4.06. The van der Waals surface area contributed by atoms with Crippen molar-refractivity contribution in [3.05, 3.63) is 40.3 Å². The topological polar surface area (TPSA) is 84.0 Å². The molecule has 0 fully saturated rings. The van der Waals surface area contributed by atoms with E-state index in [1.54, 1.807) is 19.3 Å². The van der Waals surface area contributed by atoms with Crippen LogP contribution >= 0.6 is 0 Å². The van der Waals surface area contributed by atoms with Gasteiger partial charge in [-0.05, 0) is 23.2 Å². The van der Waals surface area contributed by atoms with Gasteiger partial charge in [0.05, 0.1) is 7.11 Å². The van der Waals surface area contributed by atoms with Gasteiger partial charge in [0.25, 0.3) is 0 Å². The molecule has 0 heterocycles. The average Bonchev–Trinajstić information content (AvgIpc) is 2.26. The van der Waals surface area contributed by atoms with E-state index in [4.69, 9.17) is 16.0 Å². The Morgan fingerprint density at radius 3 is 3.00 bits per heavy atom. The lowest BCUT2D eigenvalue weighted by Crippen LogP contribution is -1.91. The number of methoxy groups -OCH3 is 1. The first-order chi connectivity index (χ1) is 7.27. The number of nitrogen functional groups attached to an aromatic ring is 1. The molecule has 0 saturated carbocycles. The molecule has 0 radical (unpaired) electrons. The lowest BCUT2D eigenvalue weighted by atomic mass is 10.1. The van der Waals surface area contributed by atoms with Crippen LogP contribution < -0.4 is 10.5 Å². The van der Waals surface area contributed by atoms with Crippen LogP contribution in [0.4, 0.5) is 5.69 Å². The van der Waals surface area contributed by atoms with E-state index in [1.165, 1.54) is 0 Å². The van der Waals surface area contributed by atoms with E-state index in [-0.39, 0.29) is 0 Å². The summed E-state index contributed by atoms with van der Waals surface area (Å²) in [4.78, 5) is 2.64. The molecule has 0 amide bonds. The standard InChI is InChI=1S/C10H12N4O/c1-15-9-5-4-8(10(11)7-9)3-2-6-13-14-12/h2-5,7H,6,11H2,1H3. The maximum absolute atomic E-state index is 8.07. The fourth-order valence-corrected chi connectivity index (χ4v) is 1.09. The molecule has 1 aromatic carbocycles. The SMILES string of the molecule is COc1ccc(C=CCN=[N+]=[N-])c(N)c1. The molecule has 15 heavy (non-hydrogen) atoms. The Bertz CT molecular complexity index is 408. The van der Waals surface area contributed by atoms with Crippen LogP contribution in [0.2, 0.25) is 0 Å². The number of anilines is 1. The first-order valence-electron chi connectivity index (χ1n) is 4.39. The molecule has 0 aliphatic carbocycles. The van der Waals surface area contributed by atoms with Gasteiger partial charge in [0, 0.05) is 23.2 Å². The summed E-state index contributed by atoms with van der Waals surface area (Å²) in [5.41, 5.74) is 15.4. The fraction of sp³-hybridized carbons (Fsp3) is 0.200. The van der Waals surface area contributed by atoms with Crippen molar-refractivity contribution in [3.8, 4) is 5.75 Å². The highest BCUT2D eigenvalue weighted by Crippen LogP contribution is 2.20. The maximum Gasteiger partial charge on any atom is 0.120 e. The number of azide groups is 1. The molecular formula is C10H12N4O. The van der Waals surface area contributed by atoms with E-state index in [9.17, 15) is 0 Å². The third kappa shape index (κ3) is 3.25. The largest absolute Gasteiger partial charge is 0.497 e. The van der Waals surface area contributed by atoms with Crippen molar-refractivity contribution in [1.29, 1.82) is 0 Å². The van der Waals surface area contributed by atoms with Gasteiger partial charge in [-0.2, -0.15) is 0 Å². The Morgan fingerprint density at radius 1 is 1.60 bits per heavy atom. The zero-order valence-electron chi connectivity index (χ0n) is 8.42. The van der Waals surface area contributed by atoms with E-state index >= 15 is 0 Å². The summed E-state index contributed by atoms with van der Waals surface area (Å²) in [7, 11) is 1.59. The fourth-order valence-electron chi connectivity index (χ4n) is 1.09. The third-order valence-corrected chi connectivity index (χ3v) is 1.84. The lowest BCUT2D eigenvalue weighted by molar-refractivity contribution is 0.415. The van der Waals surface area contributed by atoms with E-state index in [1.807, 2.05) is 18.2 Å². The second kappa shape index (κ2) is 5.57. The Balaban J connectivity index is 2.77. The quantitative estimate of drug-likeness (QED) is 0.354. The molecule has 1 aromatic rings. The zero-order chi connectivity index (χ0) is 11.1. The maximum atomic E-state index is 8.07. The van der Waals surface area contributed by atoms with Crippen molar-refractivity contribution in [1.82, 2.24) is 0 Å². The molecule has 0 aliphatic rings. The van der Waals surface area contributed by atoms with Crippen molar-refractivity contribution < 1.29 is 4.74 Å². The van der Waals surface area contributed by atoms with Gasteiger partial charge in [-0.15, -0.1) is 0 Å². The highest BCUT2D eigenvalue weighted by Gasteiger charge is 1.96. The molecule has 0 unspecified atom stereocenters. The average molecular weight is 204 g/mol. The van der Waals surface area contributed by atoms with Crippen LogP contribution in [0, 0.1) is 0 Å². The van der Waals surface area contributed by atoms with E-state index < -0.39 is 0 Å². The van der Waals surface area contributed by atoms with Gasteiger partial charge in [-0.1, -0.05) is 17.3 Å². The molecule has 78 valence electrons. The van der Waals surface area contributed by atoms with Crippen molar-refractivity contribution in [2.75, 3.05) is 19.4 Å². The molecule has 0 aliphatic heterocycles. The monoisotopic (exact) mass is 204 g/mol. The first-order valence-corrected chi connectivity index (χ1v) is 4.39. The van der Waals surface area contributed by atoms with Crippen molar-refractivity contribution in [2.24, 2.45) is 5.11 Å². The molecule has 1 rings (SSSR count). The molecule has 0 aromatic heterocycles. The summed E-state index contributed by atoms with van der Waals surface area (Å²) >= 11 is 0. The highest BCUT2D eigenvalue weighted by atomic mass is 16.5. The number of nitrogens with two attached hydrogens (primary N) is 1. The number of hydrogen-bond donors (Lipinski definition) is 1. The van der Waals surface area contributed by atoms with Gasteiger partial charge < -0.3 is 10.5 Å². The molecule has 5 nitrogen and oxygen atoms in total. The normalized spacial score (nSPS) is 9.93. The van der Waals surface area contributed by atoms with Crippen LogP contribution in [0.25, 0.3) is 16.5 Å². The zero-order valence-corrected chi connectivity index (χ0v) is 8.42. The predicted octanol–water partition coefficient (Wildman–Crippen LogP) is 2.60. The van der Waals surface area contributed by atoms with E-state index in [2.05, 4.69) is 10.0 Å². The molecule has 2 N–H and O–H groups in total. The molecule has 0 atom stereocenters. The van der Waals surface area contributed by atoms with E-state index in [0.717, 1.165) is 11.3 Å². The lowest BCUT2D eigenvalue weighted by Gasteiger charge is -2.03. The number of benzene rings is 1. The van der Waals surface area contributed by atoms with Gasteiger partial charge in [0.15, 0.2) is 0 Å². The van der Waals surface area contributed by atoms with Crippen molar-refractivity contribution in [2.45, 2.75) is 0 Å². The van der Waals surface area contributed by atoms with E-state index in [0.29, 0.717) is 12.2 Å². The summed E-state index contributed by atoms with van der Waals surface area (Å²) < 4.78 is 5.02. The van der Waals surface area contributed by atoms with Crippen LogP contribution in [0.15, 0.2) is 29.4 Å². The second-order valence-electron chi connectivity index (χ2n) is 2.81. The van der Waals surface area contributed by atoms with Gasteiger partial charge in [0.1, 0.15) is 5.75 Å². The predicted molar refractivity (Wildman–Crippen MR) is 60.5 cm³/mol. The molecule has 0 saturated heterocycles. The van der Waals surface area contributed by atoms with Crippen LogP contribution in [-0.2, 0) is 0 Å². The van der Waals surface area contributed by atoms with Crippen LogP contribution in [0.3, 0.4) is 0 Å². The Labute approximate surface area is 87.8 Å². The van der Waals surface area contributed by atoms with Crippen molar-refractivity contribution >= 4 is 11.8 Å². The number of rotatable bonds is 4. The summed E-state index contributed by atoms with van der Waals surface area (Å²) in [5.74, 6) is 0.722. The minimum absolute atomic E-state index is 0.321. The van der Waals surface area contributed by atoms with Crippen molar-refractivity contribution in [3.63, 3.8) is 0 Å². The van der Waals surface area contributed by atoms with Gasteiger partial charge >= 0.3 is 0 Å². The second-order valence-corrected chi connectivity index (χ2v) is 2.81. The number of ether oxygens (including phenoxy) is 1. The summed E-state index contributed by atoms with van der Waals surface area (Å²) in [6, 6.07) is 5.41. The number of nitrogens with zero attached hydrogens (tertiary/aromatic N) is 3. The minimum Gasteiger partial charge on any atom is -0.497 e. The van der Waals surface area contributed by atoms with Crippen LogP contribution in [0.1, 0.15) is 5.56 Å². The smallest absolute Gasteiger partial charge is 0.120 e. The Hall–Kier alpha value is -2.13. The van der Waals surface area contributed by atoms with Crippen LogP contribution in [-0.4, -0.2) is 13.7 Å². The number of hydrogen-bond acceptors (Lipinski definition) is 3. The van der Waals surface area contributed by atoms with Gasteiger partial charge in [-0.25, -0.2) is 0 Å². The molecular weight excluding hydrogens is 192 g/mol. The Morgan fingerprint density at radius 2 is 2.40 bits per heavy atom. The summed E-state index contributed by atoms with van der Waals surface area (Å²) in [6.45, 7) is 0.321. The molecule has 0 bridgehead atoms. The van der Waals surface area contributed by atoms with Gasteiger partial charge in [-0.3, -0.25) is 0 Å². The molecule has 0 spiro atoms. The van der Waals surface area contributed by atoms with Crippen LogP contribution in [0.5, 0.6) is 5.75 Å². The third-order valence-electron chi connectivity index (χ3n) is 1.84. The summed E-state index contributed by atoms with van der Waals surface area (Å²) in [6.07, 6.45) is 3.56.